The summed E-state index contributed by atoms with van der Waals surface area (Å²) in [5, 5.41) is 3.57. The van der Waals surface area contributed by atoms with Gasteiger partial charge in [0.15, 0.2) is 11.5 Å². The average Bonchev–Trinajstić information content (AvgIpc) is 2.75. The van der Waals surface area contributed by atoms with E-state index in [1.165, 1.54) is 4.90 Å². The van der Waals surface area contributed by atoms with Crippen molar-refractivity contribution in [1.82, 2.24) is 10.2 Å². The maximum Gasteiger partial charge on any atom is 0.242 e. The van der Waals surface area contributed by atoms with Gasteiger partial charge >= 0.3 is 0 Å². The van der Waals surface area contributed by atoms with Gasteiger partial charge in [-0.2, -0.15) is 0 Å². The molecule has 0 aromatic heterocycles. The Morgan fingerprint density at radius 3 is 2.53 bits per heavy atom. The first kappa shape index (κ1) is 22.2. The van der Waals surface area contributed by atoms with Crippen molar-refractivity contribution in [2.24, 2.45) is 0 Å². The molecule has 30 heavy (non-hydrogen) atoms. The van der Waals surface area contributed by atoms with Crippen LogP contribution in [0.2, 0.25) is 10.0 Å². The van der Waals surface area contributed by atoms with E-state index in [0.717, 1.165) is 11.1 Å². The van der Waals surface area contributed by atoms with E-state index in [-0.39, 0.29) is 24.8 Å². The molecule has 1 unspecified atom stereocenters. The maximum atomic E-state index is 13.1. The fourth-order valence-corrected chi connectivity index (χ4v) is 3.73. The molecule has 2 amide bonds. The maximum absolute atomic E-state index is 13.1. The van der Waals surface area contributed by atoms with Crippen LogP contribution in [-0.2, 0) is 22.6 Å². The molecule has 3 rings (SSSR count). The third kappa shape index (κ3) is 5.37. The molecule has 2 aromatic carbocycles. The second kappa shape index (κ2) is 10.0. The number of rotatable bonds is 7. The molecule has 1 aliphatic heterocycles. The fourth-order valence-electron chi connectivity index (χ4n) is 3.26. The first-order valence-corrected chi connectivity index (χ1v) is 10.5. The molecule has 160 valence electrons. The van der Waals surface area contributed by atoms with Crippen LogP contribution in [0.3, 0.4) is 0 Å². The Balaban J connectivity index is 1.73. The molecule has 0 radical (unpaired) electrons. The lowest BCUT2D eigenvalue weighted by Crippen LogP contribution is -2.46. The highest BCUT2D eigenvalue weighted by molar-refractivity contribution is 6.35. The summed E-state index contributed by atoms with van der Waals surface area (Å²) in [6, 6.07) is 10.1. The molecular formula is C22H24Cl2N2O4. The van der Waals surface area contributed by atoms with Crippen LogP contribution in [-0.4, -0.2) is 43.0 Å². The molecule has 8 heteroatoms. The Kier molecular flexibility index (Phi) is 7.45. The molecule has 1 atom stereocenters. The first-order chi connectivity index (χ1) is 14.4. The largest absolute Gasteiger partial charge is 0.486 e. The molecule has 0 bridgehead atoms. The molecule has 6 nitrogen and oxygen atoms in total. The topological polar surface area (TPSA) is 67.9 Å². The zero-order valence-corrected chi connectivity index (χ0v) is 18.4. The van der Waals surface area contributed by atoms with Gasteiger partial charge in [-0.25, -0.2) is 0 Å². The molecule has 0 fully saturated rings. The number of nitrogens with one attached hydrogen (secondary N) is 1. The van der Waals surface area contributed by atoms with Gasteiger partial charge in [0.2, 0.25) is 11.8 Å². The Morgan fingerprint density at radius 2 is 1.83 bits per heavy atom. The van der Waals surface area contributed by atoms with Gasteiger partial charge in [-0.05, 0) is 48.7 Å². The van der Waals surface area contributed by atoms with Crippen molar-refractivity contribution in [3.8, 4) is 11.5 Å². The normalized spacial score (nSPS) is 13.5. The molecule has 0 spiro atoms. The van der Waals surface area contributed by atoms with Crippen LogP contribution < -0.4 is 14.8 Å². The van der Waals surface area contributed by atoms with Crippen LogP contribution in [0.15, 0.2) is 36.4 Å². The number of benzene rings is 2. The Hall–Kier alpha value is -2.44. The number of hydrogen-bond donors (Lipinski definition) is 1. The van der Waals surface area contributed by atoms with E-state index >= 15 is 0 Å². The highest BCUT2D eigenvalue weighted by Gasteiger charge is 2.26. The number of nitrogens with zero attached hydrogens (tertiary/aromatic N) is 1. The van der Waals surface area contributed by atoms with Gasteiger partial charge in [-0.1, -0.05) is 35.3 Å². The van der Waals surface area contributed by atoms with E-state index in [0.29, 0.717) is 41.2 Å². The average molecular weight is 451 g/mol. The van der Waals surface area contributed by atoms with Gasteiger partial charge in [-0.3, -0.25) is 9.59 Å². The fraction of sp³-hybridized carbons (Fsp3) is 0.364. The van der Waals surface area contributed by atoms with E-state index in [9.17, 15) is 9.59 Å². The standard InChI is InChI=1S/C22H24Cl2N2O4/c1-14(22(28)25-2)26(13-16-5-6-17(23)12-18(16)24)21(27)8-4-15-3-7-19-20(11-15)30-10-9-29-19/h3,5-7,11-12,14H,4,8-10,13H2,1-2H3,(H,25,28). The number of fused-ring (bicyclic) bond motifs is 1. The van der Waals surface area contributed by atoms with E-state index < -0.39 is 6.04 Å². The zero-order chi connectivity index (χ0) is 21.7. The Bertz CT molecular complexity index is 935. The summed E-state index contributed by atoms with van der Waals surface area (Å²) < 4.78 is 11.1. The Morgan fingerprint density at radius 1 is 1.10 bits per heavy atom. The van der Waals surface area contributed by atoms with Crippen LogP contribution in [0.1, 0.15) is 24.5 Å². The molecule has 1 aliphatic rings. The number of aryl methyl sites for hydroxylation is 1. The lowest BCUT2D eigenvalue weighted by molar-refractivity contribution is -0.140. The SMILES string of the molecule is CNC(=O)C(C)N(Cc1ccc(Cl)cc1Cl)C(=O)CCc1ccc2c(c1)OCCO2. The predicted octanol–water partition coefficient (Wildman–Crippen LogP) is 3.86. The molecule has 1 N–H and O–H groups in total. The number of amides is 2. The minimum Gasteiger partial charge on any atom is -0.486 e. The molecule has 2 aromatic rings. The predicted molar refractivity (Wildman–Crippen MR) is 116 cm³/mol. The lowest BCUT2D eigenvalue weighted by atomic mass is 10.1. The number of carbonyl (C=O) groups is 2. The number of likely N-dealkylation sites (N-methyl/N-ethyl adjacent to an activating group) is 1. The number of halogens is 2. The van der Waals surface area contributed by atoms with Gasteiger partial charge in [0.1, 0.15) is 19.3 Å². The monoisotopic (exact) mass is 450 g/mol. The van der Waals surface area contributed by atoms with Crippen LogP contribution in [0.5, 0.6) is 11.5 Å². The van der Waals surface area contributed by atoms with Gasteiger partial charge in [0.05, 0.1) is 0 Å². The van der Waals surface area contributed by atoms with Gasteiger partial charge in [0.25, 0.3) is 0 Å². The van der Waals surface area contributed by atoms with E-state index in [1.807, 2.05) is 18.2 Å². The van der Waals surface area contributed by atoms with Crippen molar-refractivity contribution >= 4 is 35.0 Å². The molecule has 1 heterocycles. The molecule has 0 saturated carbocycles. The molecule has 0 aliphatic carbocycles. The van der Waals surface area contributed by atoms with Crippen LogP contribution >= 0.6 is 23.2 Å². The summed E-state index contributed by atoms with van der Waals surface area (Å²) in [5.74, 6) is 1.01. The number of carbonyl (C=O) groups excluding carboxylic acids is 2. The number of ether oxygens (including phenoxy) is 2. The van der Waals surface area contributed by atoms with E-state index in [2.05, 4.69) is 5.32 Å². The van der Waals surface area contributed by atoms with Gasteiger partial charge in [-0.15, -0.1) is 0 Å². The zero-order valence-electron chi connectivity index (χ0n) is 16.9. The summed E-state index contributed by atoms with van der Waals surface area (Å²) in [7, 11) is 1.55. The summed E-state index contributed by atoms with van der Waals surface area (Å²) in [6.45, 7) is 2.95. The highest BCUT2D eigenvalue weighted by Crippen LogP contribution is 2.31. The van der Waals surface area contributed by atoms with Crippen molar-refractivity contribution in [3.63, 3.8) is 0 Å². The second-order valence-corrected chi connectivity index (χ2v) is 7.87. The van der Waals surface area contributed by atoms with Gasteiger partial charge < -0.3 is 19.7 Å². The molecular weight excluding hydrogens is 427 g/mol. The van der Waals surface area contributed by atoms with Crippen molar-refractivity contribution < 1.29 is 19.1 Å². The highest BCUT2D eigenvalue weighted by atomic mass is 35.5. The van der Waals surface area contributed by atoms with Crippen molar-refractivity contribution in [3.05, 3.63) is 57.6 Å². The quantitative estimate of drug-likeness (QED) is 0.695. The summed E-state index contributed by atoms with van der Waals surface area (Å²) in [4.78, 5) is 26.8. The van der Waals surface area contributed by atoms with Crippen molar-refractivity contribution in [2.45, 2.75) is 32.4 Å². The van der Waals surface area contributed by atoms with Crippen LogP contribution in [0.25, 0.3) is 0 Å². The van der Waals surface area contributed by atoms with Crippen molar-refractivity contribution in [2.75, 3.05) is 20.3 Å². The van der Waals surface area contributed by atoms with Crippen LogP contribution in [0, 0.1) is 0 Å². The third-order valence-corrected chi connectivity index (χ3v) is 5.59. The summed E-state index contributed by atoms with van der Waals surface area (Å²) in [5.41, 5.74) is 1.69. The molecule has 0 saturated heterocycles. The number of hydrogen-bond acceptors (Lipinski definition) is 4. The Labute approximate surface area is 186 Å². The van der Waals surface area contributed by atoms with Crippen LogP contribution in [0.4, 0.5) is 0 Å². The second-order valence-electron chi connectivity index (χ2n) is 7.03. The minimum absolute atomic E-state index is 0.146. The smallest absolute Gasteiger partial charge is 0.242 e. The third-order valence-electron chi connectivity index (χ3n) is 5.00. The minimum atomic E-state index is -0.644. The first-order valence-electron chi connectivity index (χ1n) is 9.72. The van der Waals surface area contributed by atoms with E-state index in [1.54, 1.807) is 32.2 Å². The summed E-state index contributed by atoms with van der Waals surface area (Å²) >= 11 is 12.3. The summed E-state index contributed by atoms with van der Waals surface area (Å²) in [6.07, 6.45) is 0.757. The van der Waals surface area contributed by atoms with Crippen molar-refractivity contribution in [1.29, 1.82) is 0 Å². The van der Waals surface area contributed by atoms with Gasteiger partial charge in [0, 0.05) is 30.1 Å². The lowest BCUT2D eigenvalue weighted by Gasteiger charge is -2.29. The van der Waals surface area contributed by atoms with E-state index in [4.69, 9.17) is 32.7 Å².